The lowest BCUT2D eigenvalue weighted by Crippen LogP contribution is -2.33. The quantitative estimate of drug-likeness (QED) is 0.0363. The summed E-state index contributed by atoms with van der Waals surface area (Å²) >= 11 is 0. The van der Waals surface area contributed by atoms with E-state index in [9.17, 15) is 28.2 Å². The van der Waals surface area contributed by atoms with Gasteiger partial charge >= 0.3 is 11.9 Å². The van der Waals surface area contributed by atoms with E-state index in [1.807, 2.05) is 24.3 Å². The van der Waals surface area contributed by atoms with Crippen molar-refractivity contribution in [2.24, 2.45) is 0 Å². The molecule has 0 aliphatic carbocycles. The molecule has 1 aromatic heterocycles. The molecule has 0 radical (unpaired) electrons. The molecule has 0 amide bonds. The van der Waals surface area contributed by atoms with E-state index in [0.717, 1.165) is 85.8 Å². The molecular weight excluding hydrogens is 791 g/mol. The molecule has 61 heavy (non-hydrogen) atoms. The Kier molecular flexibility index (Phi) is 15.6. The maximum absolute atomic E-state index is 14.3. The topological polar surface area (TPSA) is 187 Å². The number of nitrogens with zero attached hydrogens (tertiary/aromatic N) is 4. The number of hydrogen-bond acceptors (Lipinski definition) is 10. The van der Waals surface area contributed by atoms with Crippen LogP contribution in [0.15, 0.2) is 102 Å². The summed E-state index contributed by atoms with van der Waals surface area (Å²) in [4.78, 5) is 37.2. The van der Waals surface area contributed by atoms with E-state index in [1.165, 1.54) is 12.8 Å². The summed E-state index contributed by atoms with van der Waals surface area (Å²) in [5, 5.41) is 31.7. The van der Waals surface area contributed by atoms with Crippen LogP contribution in [0.4, 0.5) is 34.9 Å². The SMILES string of the molecule is CCCCCCCCN(CCCCCCCC)S(=O)(=O)c1cccc(Nc2nc(Nc3ccc4cc(C(=O)O)ccc4c3)nc(Nc3ccc4cc(C(=O)O)ccc4c3)n2)c1. The normalized spacial score (nSPS) is 11.6. The lowest BCUT2D eigenvalue weighted by Gasteiger charge is -2.23. The van der Waals surface area contributed by atoms with Crippen molar-refractivity contribution in [1.82, 2.24) is 19.3 Å². The molecule has 0 saturated heterocycles. The molecular formula is C47H55N7O6S. The minimum absolute atomic E-state index is 0.143. The van der Waals surface area contributed by atoms with Crippen LogP contribution < -0.4 is 16.0 Å². The molecule has 0 aliphatic rings. The van der Waals surface area contributed by atoms with Gasteiger partial charge in [-0.3, -0.25) is 0 Å². The summed E-state index contributed by atoms with van der Waals surface area (Å²) < 4.78 is 30.2. The van der Waals surface area contributed by atoms with E-state index in [2.05, 4.69) is 44.7 Å². The molecule has 14 heteroatoms. The lowest BCUT2D eigenvalue weighted by molar-refractivity contribution is 0.0686. The number of carboxylic acids is 2. The van der Waals surface area contributed by atoms with Gasteiger partial charge in [-0.15, -0.1) is 0 Å². The first kappa shape index (κ1) is 44.4. The molecule has 0 aliphatic heterocycles. The van der Waals surface area contributed by atoms with Crippen LogP contribution in [-0.4, -0.2) is 62.9 Å². The Labute approximate surface area is 357 Å². The summed E-state index contributed by atoms with van der Waals surface area (Å²) in [6.07, 6.45) is 12.8. The number of hydrogen-bond donors (Lipinski definition) is 5. The number of carbonyl (C=O) groups is 2. The number of carboxylic acid groups (broad SMARTS) is 2. The highest BCUT2D eigenvalue weighted by atomic mass is 32.2. The maximum Gasteiger partial charge on any atom is 0.335 e. The first-order chi connectivity index (χ1) is 29.5. The van der Waals surface area contributed by atoms with Gasteiger partial charge < -0.3 is 26.2 Å². The summed E-state index contributed by atoms with van der Waals surface area (Å²) in [6, 6.07) is 27.4. The van der Waals surface area contributed by atoms with Crippen LogP contribution in [0, 0.1) is 0 Å². The number of unbranched alkanes of at least 4 members (excludes halogenated alkanes) is 10. The Morgan fingerprint density at radius 1 is 0.508 bits per heavy atom. The lowest BCUT2D eigenvalue weighted by atomic mass is 10.1. The molecule has 0 atom stereocenters. The number of benzene rings is 5. The zero-order valence-electron chi connectivity index (χ0n) is 34.9. The van der Waals surface area contributed by atoms with Gasteiger partial charge in [-0.1, -0.05) is 108 Å². The highest BCUT2D eigenvalue weighted by molar-refractivity contribution is 7.89. The highest BCUT2D eigenvalue weighted by Crippen LogP contribution is 2.28. The predicted molar refractivity (Wildman–Crippen MR) is 243 cm³/mol. The van der Waals surface area contributed by atoms with Crippen molar-refractivity contribution >= 4 is 78.4 Å². The smallest absolute Gasteiger partial charge is 0.335 e. The number of rotatable bonds is 24. The number of aromatic nitrogens is 3. The molecule has 0 spiro atoms. The second-order valence-electron chi connectivity index (χ2n) is 15.3. The average molecular weight is 846 g/mol. The van der Waals surface area contributed by atoms with Gasteiger partial charge in [-0.2, -0.15) is 19.3 Å². The number of fused-ring (bicyclic) bond motifs is 2. The number of sulfonamides is 1. The molecule has 5 N–H and O–H groups in total. The van der Waals surface area contributed by atoms with Crippen LogP contribution in [-0.2, 0) is 10.0 Å². The zero-order valence-corrected chi connectivity index (χ0v) is 35.7. The van der Waals surface area contributed by atoms with Gasteiger partial charge in [0.25, 0.3) is 0 Å². The summed E-state index contributed by atoms with van der Waals surface area (Å²) in [6.45, 7) is 5.32. The Morgan fingerprint density at radius 3 is 1.34 bits per heavy atom. The standard InChI is InChI=1S/C47H55N7O6S/c1-3-5-7-9-11-13-26-54(27-14-12-10-8-6-4-2)61(59,60)42-17-15-16-39(32-42)48-45-51-46(49-40-24-22-33-28-37(43(55)56)20-18-35(33)30-40)53-47(52-45)50-41-25-23-34-29-38(44(57)58)21-19-36(34)31-41/h15-25,28-32H,3-14,26-27H2,1-2H3,(H,55,56)(H,57,58)(H3,48,49,50,51,52,53). The van der Waals surface area contributed by atoms with E-state index < -0.39 is 22.0 Å². The van der Waals surface area contributed by atoms with Gasteiger partial charge in [0.1, 0.15) is 0 Å². The molecule has 13 nitrogen and oxygen atoms in total. The molecule has 0 unspecified atom stereocenters. The predicted octanol–water partition coefficient (Wildman–Crippen LogP) is 11.5. The highest BCUT2D eigenvalue weighted by Gasteiger charge is 2.24. The molecule has 1 heterocycles. The first-order valence-electron chi connectivity index (χ1n) is 21.2. The van der Waals surface area contributed by atoms with E-state index in [4.69, 9.17) is 0 Å². The average Bonchev–Trinajstić information content (AvgIpc) is 3.24. The summed E-state index contributed by atoms with van der Waals surface area (Å²) in [5.74, 6) is -1.51. The van der Waals surface area contributed by atoms with Gasteiger partial charge in [-0.25, -0.2) is 18.0 Å². The minimum Gasteiger partial charge on any atom is -0.478 e. The number of aromatic carboxylic acids is 2. The minimum atomic E-state index is -3.81. The Hall–Kier alpha value is -6.12. The van der Waals surface area contributed by atoms with Gasteiger partial charge in [0.15, 0.2) is 0 Å². The third-order valence-corrected chi connectivity index (χ3v) is 12.5. The van der Waals surface area contributed by atoms with Crippen molar-refractivity contribution in [1.29, 1.82) is 0 Å². The molecule has 0 fully saturated rings. The molecule has 5 aromatic carbocycles. The zero-order chi connectivity index (χ0) is 43.2. The van der Waals surface area contributed by atoms with Crippen molar-refractivity contribution in [2.75, 3.05) is 29.0 Å². The largest absolute Gasteiger partial charge is 0.478 e. The van der Waals surface area contributed by atoms with E-state index in [-0.39, 0.29) is 33.9 Å². The van der Waals surface area contributed by atoms with Gasteiger partial charge in [-0.05, 0) is 101 Å². The van der Waals surface area contributed by atoms with Crippen LogP contribution >= 0.6 is 0 Å². The Morgan fingerprint density at radius 2 is 0.902 bits per heavy atom. The number of anilines is 6. The molecule has 0 bridgehead atoms. The van der Waals surface area contributed by atoms with Gasteiger partial charge in [0.05, 0.1) is 16.0 Å². The fourth-order valence-electron chi connectivity index (χ4n) is 7.22. The molecule has 0 saturated carbocycles. The van der Waals surface area contributed by atoms with Crippen LogP contribution in [0.1, 0.15) is 112 Å². The Balaban J connectivity index is 1.27. The third-order valence-electron chi connectivity index (χ3n) is 10.6. The van der Waals surface area contributed by atoms with Crippen molar-refractivity contribution in [3.63, 3.8) is 0 Å². The molecule has 6 rings (SSSR count). The fourth-order valence-corrected chi connectivity index (χ4v) is 8.78. The van der Waals surface area contributed by atoms with Gasteiger partial charge in [0, 0.05) is 30.2 Å². The second kappa shape index (κ2) is 21.4. The van der Waals surface area contributed by atoms with Crippen molar-refractivity contribution in [3.8, 4) is 0 Å². The van der Waals surface area contributed by atoms with E-state index >= 15 is 0 Å². The van der Waals surface area contributed by atoms with Crippen molar-refractivity contribution in [2.45, 2.75) is 95.8 Å². The molecule has 320 valence electrons. The fraction of sp³-hybridized carbons (Fsp3) is 0.340. The van der Waals surface area contributed by atoms with Gasteiger partial charge in [0.2, 0.25) is 27.9 Å². The third kappa shape index (κ3) is 12.5. The van der Waals surface area contributed by atoms with Crippen molar-refractivity contribution in [3.05, 3.63) is 108 Å². The summed E-state index contributed by atoms with van der Waals surface area (Å²) in [5.41, 5.74) is 2.13. The van der Waals surface area contributed by atoms with Crippen molar-refractivity contribution < 1.29 is 28.2 Å². The van der Waals surface area contributed by atoms with Crippen LogP contribution in [0.5, 0.6) is 0 Å². The molecule has 6 aromatic rings. The monoisotopic (exact) mass is 845 g/mol. The summed E-state index contributed by atoms with van der Waals surface area (Å²) in [7, 11) is -3.81. The van der Waals surface area contributed by atoms with Crippen LogP contribution in [0.3, 0.4) is 0 Å². The van der Waals surface area contributed by atoms with E-state index in [0.29, 0.717) is 30.2 Å². The maximum atomic E-state index is 14.3. The van der Waals surface area contributed by atoms with E-state index in [1.54, 1.807) is 77.1 Å². The van der Waals surface area contributed by atoms with Crippen LogP contribution in [0.2, 0.25) is 0 Å². The second-order valence-corrected chi connectivity index (χ2v) is 17.3. The number of nitrogens with one attached hydrogen (secondary N) is 3. The first-order valence-corrected chi connectivity index (χ1v) is 22.7. The Bertz CT molecular complexity index is 2430. The van der Waals surface area contributed by atoms with Crippen LogP contribution in [0.25, 0.3) is 21.5 Å².